The monoisotopic (exact) mass is 580 g/mol. The van der Waals surface area contributed by atoms with E-state index >= 15 is 0 Å². The summed E-state index contributed by atoms with van der Waals surface area (Å²) in [5, 5.41) is 23.0. The summed E-state index contributed by atoms with van der Waals surface area (Å²) >= 11 is 0. The number of unbranched alkanes of at least 4 members (excludes halogenated alkanes) is 19. The summed E-state index contributed by atoms with van der Waals surface area (Å²) in [4.78, 5) is 12.3. The van der Waals surface area contributed by atoms with E-state index in [2.05, 4.69) is 31.3 Å². The van der Waals surface area contributed by atoms with Crippen LogP contribution in [0.5, 0.6) is 0 Å². The first kappa shape index (κ1) is 38.1. The number of ether oxygens (including phenoxy) is 1. The van der Waals surface area contributed by atoms with Gasteiger partial charge in [-0.2, -0.15) is 0 Å². The second kappa shape index (κ2) is 27.9. The molecule has 4 atom stereocenters. The Morgan fingerprint density at radius 3 is 1.85 bits per heavy atom. The SMILES string of the molecule is CCCCC/C=C\CC1OC1CCCCCCCC(=O)N[C@@H](CO)[C@H](O)CCCCCCCCCCCCCCC. The lowest BCUT2D eigenvalue weighted by Gasteiger charge is -2.22. The Morgan fingerprint density at radius 2 is 1.24 bits per heavy atom. The molecule has 2 unspecified atom stereocenters. The third-order valence-corrected chi connectivity index (χ3v) is 8.70. The van der Waals surface area contributed by atoms with Crippen molar-refractivity contribution in [3.63, 3.8) is 0 Å². The number of rotatable bonds is 31. The summed E-state index contributed by atoms with van der Waals surface area (Å²) in [6.45, 7) is 4.30. The second-order valence-corrected chi connectivity index (χ2v) is 12.7. The maximum atomic E-state index is 12.3. The Kier molecular flexibility index (Phi) is 25.9. The smallest absolute Gasteiger partial charge is 0.220 e. The van der Waals surface area contributed by atoms with Gasteiger partial charge in [0.15, 0.2) is 0 Å². The van der Waals surface area contributed by atoms with Crippen LogP contribution in [-0.4, -0.2) is 47.1 Å². The zero-order valence-electron chi connectivity index (χ0n) is 27.3. The minimum absolute atomic E-state index is 0.0505. The van der Waals surface area contributed by atoms with Crippen LogP contribution in [0.3, 0.4) is 0 Å². The number of aliphatic hydroxyl groups is 2. The first-order valence-electron chi connectivity index (χ1n) is 18.0. The molecule has 0 aromatic heterocycles. The lowest BCUT2D eigenvalue weighted by Crippen LogP contribution is -2.45. The van der Waals surface area contributed by atoms with E-state index in [1.54, 1.807) is 0 Å². The zero-order chi connectivity index (χ0) is 29.8. The highest BCUT2D eigenvalue weighted by atomic mass is 16.6. The molecule has 5 nitrogen and oxygen atoms in total. The summed E-state index contributed by atoms with van der Waals surface area (Å²) in [7, 11) is 0. The van der Waals surface area contributed by atoms with Gasteiger partial charge in [-0.1, -0.05) is 148 Å². The van der Waals surface area contributed by atoms with Crippen LogP contribution in [0, 0.1) is 0 Å². The number of hydrogen-bond donors (Lipinski definition) is 3. The molecule has 1 amide bonds. The van der Waals surface area contributed by atoms with Crippen LogP contribution in [0.2, 0.25) is 0 Å². The Balaban J connectivity index is 1.91. The fourth-order valence-electron chi connectivity index (χ4n) is 5.78. The van der Waals surface area contributed by atoms with Crippen molar-refractivity contribution in [2.24, 2.45) is 0 Å². The molecule has 0 spiro atoms. The summed E-state index contributed by atoms with van der Waals surface area (Å²) in [6, 6.07) is -0.544. The van der Waals surface area contributed by atoms with Gasteiger partial charge in [-0.05, 0) is 38.5 Å². The number of carbonyl (C=O) groups excluding carboxylic acids is 1. The number of aliphatic hydroxyl groups excluding tert-OH is 2. The minimum Gasteiger partial charge on any atom is -0.394 e. The molecule has 3 N–H and O–H groups in total. The van der Waals surface area contributed by atoms with E-state index in [0.29, 0.717) is 25.0 Å². The molecule has 1 rings (SSSR count). The van der Waals surface area contributed by atoms with Crippen molar-refractivity contribution in [3.05, 3.63) is 12.2 Å². The quantitative estimate of drug-likeness (QED) is 0.0434. The molecule has 0 saturated carbocycles. The number of hydrogen-bond acceptors (Lipinski definition) is 4. The Morgan fingerprint density at radius 1 is 0.707 bits per heavy atom. The summed E-state index contributed by atoms with van der Waals surface area (Å²) in [6.07, 6.45) is 35.6. The molecule has 0 radical (unpaired) electrons. The minimum atomic E-state index is -0.665. The Bertz CT molecular complexity index is 610. The van der Waals surface area contributed by atoms with Crippen molar-refractivity contribution >= 4 is 5.91 Å². The Labute approximate surface area is 254 Å². The average Bonchev–Trinajstić information content (AvgIpc) is 3.73. The van der Waals surface area contributed by atoms with Gasteiger partial charge in [0, 0.05) is 6.42 Å². The van der Waals surface area contributed by atoms with Gasteiger partial charge in [0.1, 0.15) is 0 Å². The van der Waals surface area contributed by atoms with Crippen molar-refractivity contribution < 1.29 is 19.7 Å². The largest absolute Gasteiger partial charge is 0.394 e. The summed E-state index contributed by atoms with van der Waals surface area (Å²) in [5.41, 5.74) is 0. The molecule has 0 bridgehead atoms. The molecule has 1 fully saturated rings. The van der Waals surface area contributed by atoms with E-state index < -0.39 is 12.1 Å². The third-order valence-electron chi connectivity index (χ3n) is 8.70. The first-order valence-corrected chi connectivity index (χ1v) is 18.0. The van der Waals surface area contributed by atoms with Gasteiger partial charge in [0.05, 0.1) is 31.0 Å². The predicted octanol–water partition coefficient (Wildman–Crippen LogP) is 9.33. The standard InChI is InChI=1S/C36H69NO4/c1-3-5-7-9-11-12-13-14-15-16-17-19-23-27-33(39)32(31-38)37-36(40)30-26-22-18-21-25-29-35-34(41-35)28-24-20-10-8-6-4-2/h20,24,32-35,38-39H,3-19,21-23,25-31H2,1-2H3,(H,37,40)/b24-20-/t32-,33+,34?,35?/m0/s1. The van der Waals surface area contributed by atoms with Crippen molar-refractivity contribution in [2.75, 3.05) is 6.61 Å². The van der Waals surface area contributed by atoms with E-state index in [4.69, 9.17) is 4.74 Å². The number of epoxide rings is 1. The van der Waals surface area contributed by atoms with E-state index in [-0.39, 0.29) is 12.5 Å². The summed E-state index contributed by atoms with van der Waals surface area (Å²) in [5.74, 6) is -0.0505. The van der Waals surface area contributed by atoms with Gasteiger partial charge in [-0.25, -0.2) is 0 Å². The molecule has 1 aliphatic heterocycles. The second-order valence-electron chi connectivity index (χ2n) is 12.7. The zero-order valence-corrected chi connectivity index (χ0v) is 27.3. The van der Waals surface area contributed by atoms with Crippen LogP contribution in [0.25, 0.3) is 0 Å². The molecular weight excluding hydrogens is 510 g/mol. The first-order chi connectivity index (χ1) is 20.1. The normalized spacial score (nSPS) is 18.1. The number of carbonyl (C=O) groups is 1. The van der Waals surface area contributed by atoms with Gasteiger partial charge >= 0.3 is 0 Å². The molecular formula is C36H69NO4. The molecule has 0 aromatic rings. The van der Waals surface area contributed by atoms with E-state index in [0.717, 1.165) is 44.9 Å². The number of nitrogens with one attached hydrogen (secondary N) is 1. The van der Waals surface area contributed by atoms with Crippen LogP contribution >= 0.6 is 0 Å². The van der Waals surface area contributed by atoms with Gasteiger partial charge in [-0.15, -0.1) is 0 Å². The molecule has 242 valence electrons. The van der Waals surface area contributed by atoms with Crippen molar-refractivity contribution in [2.45, 2.75) is 205 Å². The maximum absolute atomic E-state index is 12.3. The number of amides is 1. The van der Waals surface area contributed by atoms with E-state index in [1.165, 1.54) is 109 Å². The van der Waals surface area contributed by atoms with Crippen LogP contribution in [0.1, 0.15) is 181 Å². The Hall–Kier alpha value is -0.910. The van der Waals surface area contributed by atoms with Crippen molar-refractivity contribution in [1.82, 2.24) is 5.32 Å². The fraction of sp³-hybridized carbons (Fsp3) is 0.917. The third kappa shape index (κ3) is 23.3. The molecule has 1 saturated heterocycles. The highest BCUT2D eigenvalue weighted by Gasteiger charge is 2.36. The fourth-order valence-corrected chi connectivity index (χ4v) is 5.78. The van der Waals surface area contributed by atoms with Gasteiger partial charge in [0.25, 0.3) is 0 Å². The number of allylic oxidation sites excluding steroid dienone is 1. The lowest BCUT2D eigenvalue weighted by molar-refractivity contribution is -0.123. The van der Waals surface area contributed by atoms with Gasteiger partial charge < -0.3 is 20.3 Å². The van der Waals surface area contributed by atoms with Crippen LogP contribution in [0.15, 0.2) is 12.2 Å². The van der Waals surface area contributed by atoms with E-state index in [1.807, 2.05) is 0 Å². The van der Waals surface area contributed by atoms with E-state index in [9.17, 15) is 15.0 Å². The highest BCUT2D eigenvalue weighted by molar-refractivity contribution is 5.76. The molecule has 1 aliphatic rings. The highest BCUT2D eigenvalue weighted by Crippen LogP contribution is 2.30. The van der Waals surface area contributed by atoms with Gasteiger partial charge in [-0.3, -0.25) is 4.79 Å². The van der Waals surface area contributed by atoms with Crippen LogP contribution < -0.4 is 5.32 Å². The molecule has 5 heteroatoms. The predicted molar refractivity (Wildman–Crippen MR) is 174 cm³/mol. The van der Waals surface area contributed by atoms with Crippen LogP contribution in [0.4, 0.5) is 0 Å². The summed E-state index contributed by atoms with van der Waals surface area (Å²) < 4.78 is 5.80. The topological polar surface area (TPSA) is 82.1 Å². The molecule has 0 aromatic carbocycles. The van der Waals surface area contributed by atoms with Gasteiger partial charge in [0.2, 0.25) is 5.91 Å². The lowest BCUT2D eigenvalue weighted by atomic mass is 10.0. The molecule has 1 heterocycles. The molecule has 0 aliphatic carbocycles. The van der Waals surface area contributed by atoms with Crippen molar-refractivity contribution in [3.8, 4) is 0 Å². The molecule has 41 heavy (non-hydrogen) atoms. The van der Waals surface area contributed by atoms with Crippen LogP contribution in [-0.2, 0) is 9.53 Å². The maximum Gasteiger partial charge on any atom is 0.220 e. The van der Waals surface area contributed by atoms with Crippen molar-refractivity contribution in [1.29, 1.82) is 0 Å². The average molecular weight is 580 g/mol.